The van der Waals surface area contributed by atoms with Crippen molar-refractivity contribution in [2.75, 3.05) is 13.1 Å². The van der Waals surface area contributed by atoms with Gasteiger partial charge in [0.1, 0.15) is 0 Å². The van der Waals surface area contributed by atoms with Crippen molar-refractivity contribution in [1.82, 2.24) is 19.6 Å². The van der Waals surface area contributed by atoms with E-state index in [1.807, 2.05) is 9.80 Å². The number of piperidine rings is 2. The van der Waals surface area contributed by atoms with Gasteiger partial charge in [-0.2, -0.15) is 5.10 Å². The van der Waals surface area contributed by atoms with Crippen molar-refractivity contribution in [2.24, 2.45) is 7.05 Å². The molecule has 2 aliphatic rings. The first-order valence-electron chi connectivity index (χ1n) is 10.2. The molecule has 0 aliphatic carbocycles. The van der Waals surface area contributed by atoms with E-state index >= 15 is 0 Å². The Morgan fingerprint density at radius 3 is 2.04 bits per heavy atom. The van der Waals surface area contributed by atoms with Crippen LogP contribution in [0.1, 0.15) is 86.1 Å². The number of aromatic nitrogens is 2. The highest BCUT2D eigenvalue weighted by atomic mass is 16.2. The molecule has 6 heteroatoms. The quantitative estimate of drug-likeness (QED) is 0.828. The normalized spacial score (nSPS) is 24.0. The average Bonchev–Trinajstić information content (AvgIpc) is 3.08. The van der Waals surface area contributed by atoms with Gasteiger partial charge in [0.25, 0.3) is 11.8 Å². The Balaban J connectivity index is 1.87. The third kappa shape index (κ3) is 3.64. The van der Waals surface area contributed by atoms with Crippen LogP contribution in [0.15, 0.2) is 6.20 Å². The molecule has 3 heterocycles. The molecule has 2 atom stereocenters. The van der Waals surface area contributed by atoms with E-state index in [-0.39, 0.29) is 23.9 Å². The monoisotopic (exact) mass is 360 g/mol. The highest BCUT2D eigenvalue weighted by molar-refractivity contribution is 6.06. The van der Waals surface area contributed by atoms with Crippen molar-refractivity contribution in [3.63, 3.8) is 0 Å². The molecular weight excluding hydrogens is 328 g/mol. The molecule has 2 saturated heterocycles. The maximum absolute atomic E-state index is 13.2. The first-order valence-corrected chi connectivity index (χ1v) is 10.2. The lowest BCUT2D eigenvalue weighted by molar-refractivity contribution is 0.0564. The van der Waals surface area contributed by atoms with Gasteiger partial charge >= 0.3 is 0 Å². The zero-order chi connectivity index (χ0) is 18.7. The molecule has 0 bridgehead atoms. The smallest absolute Gasteiger partial charge is 0.275 e. The van der Waals surface area contributed by atoms with Crippen molar-refractivity contribution in [3.8, 4) is 0 Å². The second-order valence-corrected chi connectivity index (χ2v) is 7.68. The van der Waals surface area contributed by atoms with Gasteiger partial charge in [-0.25, -0.2) is 0 Å². The molecule has 0 radical (unpaired) electrons. The van der Waals surface area contributed by atoms with Crippen LogP contribution >= 0.6 is 0 Å². The zero-order valence-electron chi connectivity index (χ0n) is 16.4. The fourth-order valence-corrected chi connectivity index (χ4v) is 4.48. The number of amides is 2. The van der Waals surface area contributed by atoms with Gasteiger partial charge in [0.05, 0.1) is 5.56 Å². The van der Waals surface area contributed by atoms with Crippen molar-refractivity contribution >= 4 is 11.8 Å². The van der Waals surface area contributed by atoms with E-state index in [0.29, 0.717) is 11.3 Å². The molecule has 1 aromatic rings. The van der Waals surface area contributed by atoms with E-state index in [0.717, 1.165) is 51.6 Å². The summed E-state index contributed by atoms with van der Waals surface area (Å²) in [6, 6.07) is 0.539. The Kier molecular flexibility index (Phi) is 5.99. The van der Waals surface area contributed by atoms with Gasteiger partial charge in [0.15, 0.2) is 5.69 Å². The molecule has 0 N–H and O–H groups in total. The molecule has 0 saturated carbocycles. The molecule has 0 unspecified atom stereocenters. The molecule has 1 aromatic heterocycles. The van der Waals surface area contributed by atoms with Crippen LogP contribution in [0.4, 0.5) is 0 Å². The number of likely N-dealkylation sites (tertiary alicyclic amines) is 2. The third-order valence-corrected chi connectivity index (χ3v) is 5.98. The summed E-state index contributed by atoms with van der Waals surface area (Å²) in [4.78, 5) is 30.4. The largest absolute Gasteiger partial charge is 0.336 e. The van der Waals surface area contributed by atoms with E-state index in [9.17, 15) is 9.59 Å². The molecule has 3 rings (SSSR count). The Morgan fingerprint density at radius 2 is 1.50 bits per heavy atom. The SMILES string of the molecule is CC[C@@H]1CCCCN1C(=O)c1cn(C)nc1C(=O)N1CCCC[C@H]1CC. The van der Waals surface area contributed by atoms with Crippen LogP contribution in [0, 0.1) is 0 Å². The van der Waals surface area contributed by atoms with Crippen LogP contribution in [-0.2, 0) is 7.05 Å². The predicted octanol–water partition coefficient (Wildman–Crippen LogP) is 3.23. The van der Waals surface area contributed by atoms with Crippen molar-refractivity contribution in [1.29, 1.82) is 0 Å². The number of nitrogens with zero attached hydrogens (tertiary/aromatic N) is 4. The molecule has 0 spiro atoms. The van der Waals surface area contributed by atoms with Gasteiger partial charge in [0.2, 0.25) is 0 Å². The van der Waals surface area contributed by atoms with Gasteiger partial charge in [-0.1, -0.05) is 13.8 Å². The summed E-state index contributed by atoms with van der Waals surface area (Å²) in [5.74, 6) is -0.108. The molecule has 144 valence electrons. The Labute approximate surface area is 156 Å². The van der Waals surface area contributed by atoms with Crippen LogP contribution in [0.25, 0.3) is 0 Å². The molecular formula is C20H32N4O2. The second kappa shape index (κ2) is 8.23. The lowest BCUT2D eigenvalue weighted by atomic mass is 9.98. The lowest BCUT2D eigenvalue weighted by Gasteiger charge is -2.36. The van der Waals surface area contributed by atoms with E-state index in [1.165, 1.54) is 12.8 Å². The van der Waals surface area contributed by atoms with E-state index < -0.39 is 0 Å². The first-order chi connectivity index (χ1) is 12.6. The van der Waals surface area contributed by atoms with Crippen LogP contribution in [0.3, 0.4) is 0 Å². The summed E-state index contributed by atoms with van der Waals surface area (Å²) >= 11 is 0. The van der Waals surface area contributed by atoms with Crippen molar-refractivity contribution in [3.05, 3.63) is 17.5 Å². The maximum Gasteiger partial charge on any atom is 0.275 e. The van der Waals surface area contributed by atoms with Crippen molar-refractivity contribution < 1.29 is 9.59 Å². The van der Waals surface area contributed by atoms with E-state index in [4.69, 9.17) is 0 Å². The highest BCUT2D eigenvalue weighted by Gasteiger charge is 2.34. The Bertz CT molecular complexity index is 601. The minimum Gasteiger partial charge on any atom is -0.336 e. The average molecular weight is 361 g/mol. The van der Waals surface area contributed by atoms with Crippen LogP contribution in [0.5, 0.6) is 0 Å². The first kappa shape index (κ1) is 18.9. The molecule has 6 nitrogen and oxygen atoms in total. The molecule has 26 heavy (non-hydrogen) atoms. The molecule has 2 fully saturated rings. The standard InChI is InChI=1S/C20H32N4O2/c1-4-15-10-6-8-12-23(15)19(25)17-14-22(3)21-18(17)20(26)24-13-9-7-11-16(24)5-2/h14-16H,4-13H2,1-3H3/t15-,16-/m1/s1. The number of carbonyl (C=O) groups is 2. The third-order valence-electron chi connectivity index (χ3n) is 5.98. The minimum atomic E-state index is -0.0782. The van der Waals surface area contributed by atoms with Gasteiger partial charge in [-0.3, -0.25) is 14.3 Å². The minimum absolute atomic E-state index is 0.0296. The highest BCUT2D eigenvalue weighted by Crippen LogP contribution is 2.25. The van der Waals surface area contributed by atoms with E-state index in [1.54, 1.807) is 17.9 Å². The van der Waals surface area contributed by atoms with Crippen LogP contribution in [-0.4, -0.2) is 56.6 Å². The second-order valence-electron chi connectivity index (χ2n) is 7.68. The fourth-order valence-electron chi connectivity index (χ4n) is 4.48. The van der Waals surface area contributed by atoms with Gasteiger partial charge in [-0.15, -0.1) is 0 Å². The lowest BCUT2D eigenvalue weighted by Crippen LogP contribution is -2.46. The molecule has 0 aromatic carbocycles. The number of carbonyl (C=O) groups excluding carboxylic acids is 2. The zero-order valence-corrected chi connectivity index (χ0v) is 16.4. The van der Waals surface area contributed by atoms with Gasteiger partial charge in [0, 0.05) is 38.4 Å². The summed E-state index contributed by atoms with van der Waals surface area (Å²) in [7, 11) is 1.79. The summed E-state index contributed by atoms with van der Waals surface area (Å²) in [5, 5.41) is 4.40. The Hall–Kier alpha value is -1.85. The number of hydrogen-bond donors (Lipinski definition) is 0. The fraction of sp³-hybridized carbons (Fsp3) is 0.750. The molecule has 2 aliphatic heterocycles. The number of aryl methyl sites for hydroxylation is 1. The summed E-state index contributed by atoms with van der Waals surface area (Å²) in [6.45, 7) is 5.80. The Morgan fingerprint density at radius 1 is 0.962 bits per heavy atom. The predicted molar refractivity (Wildman–Crippen MR) is 101 cm³/mol. The van der Waals surface area contributed by atoms with Gasteiger partial charge < -0.3 is 9.80 Å². The topological polar surface area (TPSA) is 58.4 Å². The number of hydrogen-bond acceptors (Lipinski definition) is 3. The van der Waals surface area contributed by atoms with E-state index in [2.05, 4.69) is 18.9 Å². The van der Waals surface area contributed by atoms with Crippen LogP contribution < -0.4 is 0 Å². The van der Waals surface area contributed by atoms with Gasteiger partial charge in [-0.05, 0) is 51.4 Å². The maximum atomic E-state index is 13.2. The summed E-state index contributed by atoms with van der Waals surface area (Å²) < 4.78 is 1.61. The summed E-state index contributed by atoms with van der Waals surface area (Å²) in [6.07, 6.45) is 10.1. The molecule has 2 amide bonds. The van der Waals surface area contributed by atoms with Crippen LogP contribution in [0.2, 0.25) is 0 Å². The number of rotatable bonds is 4. The summed E-state index contributed by atoms with van der Waals surface area (Å²) in [5.41, 5.74) is 0.802. The van der Waals surface area contributed by atoms with Crippen molar-refractivity contribution in [2.45, 2.75) is 77.3 Å².